The Labute approximate surface area is 181 Å². The second-order valence-corrected chi connectivity index (χ2v) is 8.63. The number of allylic oxidation sites excluding steroid dienone is 1. The monoisotopic (exact) mass is 424 g/mol. The Morgan fingerprint density at radius 1 is 1.27 bits per heavy atom. The van der Waals surface area contributed by atoms with Crippen molar-refractivity contribution in [1.82, 2.24) is 4.90 Å². The summed E-state index contributed by atoms with van der Waals surface area (Å²) >= 11 is 6.21. The number of ether oxygens (including phenoxy) is 1. The summed E-state index contributed by atoms with van der Waals surface area (Å²) in [7, 11) is 5.67. The van der Waals surface area contributed by atoms with Gasteiger partial charge in [-0.25, -0.2) is 0 Å². The highest BCUT2D eigenvalue weighted by molar-refractivity contribution is 6.30. The van der Waals surface area contributed by atoms with E-state index in [2.05, 4.69) is 0 Å². The summed E-state index contributed by atoms with van der Waals surface area (Å²) < 4.78 is 6.14. The van der Waals surface area contributed by atoms with Crippen molar-refractivity contribution in [3.05, 3.63) is 76.0 Å². The van der Waals surface area contributed by atoms with E-state index in [1.54, 1.807) is 30.2 Å². The molecule has 2 unspecified atom stereocenters. The zero-order valence-corrected chi connectivity index (χ0v) is 18.3. The van der Waals surface area contributed by atoms with E-state index in [-0.39, 0.29) is 17.6 Å². The quantitative estimate of drug-likeness (QED) is 0.557. The molecule has 0 spiro atoms. The number of aliphatic hydroxyl groups excluding tert-OH is 1. The van der Waals surface area contributed by atoms with Gasteiger partial charge in [0, 0.05) is 49.8 Å². The fourth-order valence-corrected chi connectivity index (χ4v) is 4.28. The number of rotatable bonds is 3. The Kier molecular flexibility index (Phi) is 5.02. The van der Waals surface area contributed by atoms with Gasteiger partial charge in [-0.15, -0.1) is 0 Å². The Balaban J connectivity index is 1.74. The third-order valence-electron chi connectivity index (χ3n) is 5.97. The first-order valence-corrected chi connectivity index (χ1v) is 10.2. The van der Waals surface area contributed by atoms with E-state index in [1.807, 2.05) is 62.3 Å². The van der Waals surface area contributed by atoms with Gasteiger partial charge in [-0.3, -0.25) is 4.79 Å². The molecule has 0 radical (unpaired) electrons. The molecule has 1 N–H and O–H groups in total. The van der Waals surface area contributed by atoms with Gasteiger partial charge in [-0.1, -0.05) is 29.8 Å². The minimum atomic E-state index is -0.766. The van der Waals surface area contributed by atoms with Crippen LogP contribution in [0.15, 0.2) is 59.9 Å². The maximum Gasteiger partial charge on any atom is 0.256 e. The first-order chi connectivity index (χ1) is 14.2. The maximum atomic E-state index is 13.2. The molecule has 0 saturated carbocycles. The van der Waals surface area contributed by atoms with Gasteiger partial charge in [0.25, 0.3) is 5.91 Å². The molecule has 6 heteroatoms. The summed E-state index contributed by atoms with van der Waals surface area (Å²) in [5.74, 6) is 0.112. The van der Waals surface area contributed by atoms with Crippen molar-refractivity contribution in [2.75, 3.05) is 26.0 Å². The normalized spacial score (nSPS) is 24.5. The van der Waals surface area contributed by atoms with E-state index in [9.17, 15) is 9.90 Å². The number of fused-ring (bicyclic) bond motifs is 4. The van der Waals surface area contributed by atoms with Crippen LogP contribution < -0.4 is 9.64 Å². The molecule has 1 fully saturated rings. The fourth-order valence-electron chi connectivity index (χ4n) is 4.10. The van der Waals surface area contributed by atoms with Crippen molar-refractivity contribution in [1.29, 1.82) is 0 Å². The molecule has 2 bridgehead atoms. The number of aliphatic hydroxyl groups is 1. The van der Waals surface area contributed by atoms with E-state index in [4.69, 9.17) is 16.3 Å². The number of likely N-dealkylation sites (tertiary alicyclic amines) is 1. The number of amides is 1. The smallest absolute Gasteiger partial charge is 0.256 e. The minimum Gasteiger partial charge on any atom is -0.507 e. The average molecular weight is 425 g/mol. The van der Waals surface area contributed by atoms with Gasteiger partial charge >= 0.3 is 0 Å². The van der Waals surface area contributed by atoms with Crippen LogP contribution in [0.25, 0.3) is 6.08 Å². The SMILES string of the molecule is CN(C)c1ccc(C=CC(O)=C2C(=O)N(C)C3(C)CC2c2cc(Cl)ccc2O3)cc1. The molecule has 1 amide bonds. The summed E-state index contributed by atoms with van der Waals surface area (Å²) in [6, 6.07) is 13.4. The number of hydrogen-bond donors (Lipinski definition) is 1. The number of benzene rings is 2. The largest absolute Gasteiger partial charge is 0.507 e. The Morgan fingerprint density at radius 2 is 1.97 bits per heavy atom. The van der Waals surface area contributed by atoms with Crippen molar-refractivity contribution in [2.24, 2.45) is 0 Å². The molecule has 2 aliphatic rings. The fraction of sp³-hybridized carbons (Fsp3) is 0.292. The van der Waals surface area contributed by atoms with Crippen LogP contribution in [0.4, 0.5) is 5.69 Å². The van der Waals surface area contributed by atoms with E-state index < -0.39 is 5.72 Å². The molecule has 0 aliphatic carbocycles. The lowest BCUT2D eigenvalue weighted by Gasteiger charge is -2.50. The lowest BCUT2D eigenvalue weighted by atomic mass is 9.77. The minimum absolute atomic E-state index is 0.0385. The highest BCUT2D eigenvalue weighted by atomic mass is 35.5. The van der Waals surface area contributed by atoms with Crippen LogP contribution >= 0.6 is 11.6 Å². The lowest BCUT2D eigenvalue weighted by Crippen LogP contribution is -2.59. The van der Waals surface area contributed by atoms with Crippen LogP contribution in [0.5, 0.6) is 5.75 Å². The van der Waals surface area contributed by atoms with Crippen molar-refractivity contribution < 1.29 is 14.6 Å². The average Bonchev–Trinajstić information content (AvgIpc) is 2.71. The molecular weight excluding hydrogens is 400 g/mol. The summed E-state index contributed by atoms with van der Waals surface area (Å²) in [4.78, 5) is 16.8. The highest BCUT2D eigenvalue weighted by Gasteiger charge is 2.51. The molecule has 30 heavy (non-hydrogen) atoms. The molecule has 1 saturated heterocycles. The van der Waals surface area contributed by atoms with Crippen LogP contribution in [0, 0.1) is 0 Å². The lowest BCUT2D eigenvalue weighted by molar-refractivity contribution is -0.153. The van der Waals surface area contributed by atoms with Crippen LogP contribution in [0.1, 0.15) is 30.4 Å². The van der Waals surface area contributed by atoms with Crippen LogP contribution in [-0.2, 0) is 4.79 Å². The first-order valence-electron chi connectivity index (χ1n) is 9.85. The standard InChI is InChI=1S/C24H25ClN2O3/c1-24-14-19(18-13-16(25)8-12-21(18)30-24)22(23(29)27(24)4)20(28)11-7-15-5-9-17(10-6-15)26(2)3/h5-13,19,28H,14H2,1-4H3. The first kappa shape index (κ1) is 20.4. The predicted octanol–water partition coefficient (Wildman–Crippen LogP) is 4.99. The van der Waals surface area contributed by atoms with Gasteiger partial charge in [-0.2, -0.15) is 0 Å². The van der Waals surface area contributed by atoms with Crippen LogP contribution in [0.2, 0.25) is 5.02 Å². The van der Waals surface area contributed by atoms with E-state index in [0.29, 0.717) is 22.8 Å². The van der Waals surface area contributed by atoms with Gasteiger partial charge in [-0.05, 0) is 48.9 Å². The molecule has 4 rings (SSSR count). The molecule has 2 heterocycles. The Morgan fingerprint density at radius 3 is 2.63 bits per heavy atom. The number of hydrogen-bond acceptors (Lipinski definition) is 4. The number of carbonyl (C=O) groups excluding carboxylic acids is 1. The second kappa shape index (κ2) is 7.40. The summed E-state index contributed by atoms with van der Waals surface area (Å²) in [5, 5.41) is 11.5. The van der Waals surface area contributed by atoms with Gasteiger partial charge in [0.15, 0.2) is 5.72 Å². The van der Waals surface area contributed by atoms with E-state index in [0.717, 1.165) is 16.8 Å². The molecule has 0 aromatic heterocycles. The van der Waals surface area contributed by atoms with E-state index >= 15 is 0 Å². The Hall–Kier alpha value is -2.92. The third kappa shape index (κ3) is 3.43. The summed E-state index contributed by atoms with van der Waals surface area (Å²) in [6.45, 7) is 1.89. The predicted molar refractivity (Wildman–Crippen MR) is 120 cm³/mol. The molecule has 5 nitrogen and oxygen atoms in total. The third-order valence-corrected chi connectivity index (χ3v) is 6.21. The molecule has 2 aliphatic heterocycles. The number of carbonyl (C=O) groups is 1. The molecule has 2 aromatic rings. The molecule has 2 aromatic carbocycles. The van der Waals surface area contributed by atoms with Gasteiger partial charge in [0.1, 0.15) is 11.5 Å². The van der Waals surface area contributed by atoms with Gasteiger partial charge < -0.3 is 19.6 Å². The number of halogens is 1. The second-order valence-electron chi connectivity index (χ2n) is 8.20. The topological polar surface area (TPSA) is 53.0 Å². The zero-order chi connectivity index (χ0) is 21.6. The highest BCUT2D eigenvalue weighted by Crippen LogP contribution is 2.50. The number of piperidine rings is 1. The van der Waals surface area contributed by atoms with Crippen LogP contribution in [-0.4, -0.2) is 42.8 Å². The summed E-state index contributed by atoms with van der Waals surface area (Å²) in [6.07, 6.45) is 3.95. The van der Waals surface area contributed by atoms with Crippen LogP contribution in [0.3, 0.4) is 0 Å². The zero-order valence-electron chi connectivity index (χ0n) is 17.5. The molecule has 2 atom stereocenters. The van der Waals surface area contributed by atoms with Gasteiger partial charge in [0.05, 0.1) is 5.57 Å². The molecular formula is C24H25ClN2O3. The van der Waals surface area contributed by atoms with Crippen molar-refractivity contribution in [3.63, 3.8) is 0 Å². The maximum absolute atomic E-state index is 13.2. The van der Waals surface area contributed by atoms with Crippen molar-refractivity contribution in [2.45, 2.75) is 25.0 Å². The summed E-state index contributed by atoms with van der Waals surface area (Å²) in [5.41, 5.74) is 2.45. The number of nitrogens with zero attached hydrogens (tertiary/aromatic N) is 2. The van der Waals surface area contributed by atoms with Crippen molar-refractivity contribution >= 4 is 29.3 Å². The van der Waals surface area contributed by atoms with Crippen molar-refractivity contribution in [3.8, 4) is 5.75 Å². The Bertz CT molecular complexity index is 1060. The van der Waals surface area contributed by atoms with Gasteiger partial charge in [0.2, 0.25) is 0 Å². The number of anilines is 1. The van der Waals surface area contributed by atoms with E-state index in [1.165, 1.54) is 0 Å². The molecule has 156 valence electrons. The number of likely N-dealkylation sites (N-methyl/N-ethyl adjacent to an activating group) is 1.